The van der Waals surface area contributed by atoms with Gasteiger partial charge >= 0.3 is 0 Å². The van der Waals surface area contributed by atoms with Crippen LogP contribution in [0.15, 0.2) is 77.8 Å². The zero-order valence-corrected chi connectivity index (χ0v) is 17.0. The van der Waals surface area contributed by atoms with E-state index in [0.29, 0.717) is 16.4 Å². The van der Waals surface area contributed by atoms with Gasteiger partial charge in [-0.15, -0.1) is 0 Å². The highest BCUT2D eigenvalue weighted by Gasteiger charge is 2.15. The van der Waals surface area contributed by atoms with Crippen LogP contribution in [0.4, 0.5) is 5.13 Å². The fourth-order valence-corrected chi connectivity index (χ4v) is 3.93. The Bertz CT molecular complexity index is 1150. The number of aromatic hydroxyl groups is 1. The summed E-state index contributed by atoms with van der Waals surface area (Å²) in [5, 5.41) is 10.9. The number of para-hydroxylation sites is 1. The lowest BCUT2D eigenvalue weighted by Gasteiger charge is -2.04. The Morgan fingerprint density at radius 3 is 2.41 bits per heavy atom. The van der Waals surface area contributed by atoms with Crippen molar-refractivity contribution < 1.29 is 9.84 Å². The van der Waals surface area contributed by atoms with Crippen LogP contribution in [0, 0.1) is 6.92 Å². The molecule has 3 aromatic carbocycles. The molecular weight excluding hydrogens is 380 g/mol. The molecule has 0 amide bonds. The van der Waals surface area contributed by atoms with E-state index in [-0.39, 0.29) is 5.75 Å². The number of nitrogens with zero attached hydrogens (tertiary/aromatic N) is 2. The van der Waals surface area contributed by atoms with E-state index in [0.717, 1.165) is 21.7 Å². The molecule has 0 saturated carbocycles. The molecule has 144 valence electrons. The standard InChI is InChI=1S/C24H20N2O2S/c1-16-11-13-17(14-12-16)21-23(18-7-4-3-5-8-18)29-24(26-21)25-15-19-9-6-10-20(28-2)22(19)27/h3-15,27H,1-2H3. The summed E-state index contributed by atoms with van der Waals surface area (Å²) in [4.78, 5) is 10.4. The second kappa shape index (κ2) is 8.29. The third-order valence-electron chi connectivity index (χ3n) is 4.54. The van der Waals surface area contributed by atoms with Gasteiger partial charge in [-0.1, -0.05) is 77.6 Å². The van der Waals surface area contributed by atoms with Gasteiger partial charge in [-0.2, -0.15) is 0 Å². The minimum atomic E-state index is 0.0670. The zero-order valence-electron chi connectivity index (χ0n) is 16.2. The summed E-state index contributed by atoms with van der Waals surface area (Å²) in [7, 11) is 1.52. The van der Waals surface area contributed by atoms with E-state index in [9.17, 15) is 5.11 Å². The summed E-state index contributed by atoms with van der Waals surface area (Å²) in [6.45, 7) is 2.07. The topological polar surface area (TPSA) is 54.7 Å². The zero-order chi connectivity index (χ0) is 20.2. The van der Waals surface area contributed by atoms with Gasteiger partial charge in [0.25, 0.3) is 0 Å². The number of benzene rings is 3. The van der Waals surface area contributed by atoms with Crippen LogP contribution in [0.2, 0.25) is 0 Å². The number of rotatable bonds is 5. The molecule has 0 aliphatic carbocycles. The van der Waals surface area contributed by atoms with E-state index in [1.54, 1.807) is 18.3 Å². The number of aryl methyl sites for hydroxylation is 1. The largest absolute Gasteiger partial charge is 0.504 e. The highest BCUT2D eigenvalue weighted by atomic mass is 32.1. The van der Waals surface area contributed by atoms with Gasteiger partial charge in [0.05, 0.1) is 17.7 Å². The molecule has 4 aromatic rings. The number of ether oxygens (including phenoxy) is 1. The number of aliphatic imine (C=N–C) groups is 1. The fourth-order valence-electron chi connectivity index (χ4n) is 2.99. The summed E-state index contributed by atoms with van der Waals surface area (Å²) in [6, 6.07) is 23.8. The first-order chi connectivity index (χ1) is 14.2. The summed E-state index contributed by atoms with van der Waals surface area (Å²) < 4.78 is 5.16. The molecule has 0 radical (unpaired) electrons. The van der Waals surface area contributed by atoms with Crippen molar-refractivity contribution in [2.45, 2.75) is 6.92 Å². The number of aromatic nitrogens is 1. The Morgan fingerprint density at radius 2 is 1.69 bits per heavy atom. The van der Waals surface area contributed by atoms with E-state index < -0.39 is 0 Å². The first kappa shape index (κ1) is 18.9. The summed E-state index contributed by atoms with van der Waals surface area (Å²) >= 11 is 1.52. The number of phenolic OH excluding ortho intramolecular Hbond substituents is 1. The number of hydrogen-bond acceptors (Lipinski definition) is 5. The van der Waals surface area contributed by atoms with E-state index in [1.165, 1.54) is 24.0 Å². The van der Waals surface area contributed by atoms with Crippen molar-refractivity contribution >= 4 is 22.7 Å². The molecule has 0 saturated heterocycles. The van der Waals surface area contributed by atoms with Crippen LogP contribution in [0.3, 0.4) is 0 Å². The van der Waals surface area contributed by atoms with Crippen LogP contribution in [0.1, 0.15) is 11.1 Å². The molecule has 0 bridgehead atoms. The molecule has 29 heavy (non-hydrogen) atoms. The first-order valence-corrected chi connectivity index (χ1v) is 10.0. The van der Waals surface area contributed by atoms with Gasteiger partial charge in [-0.05, 0) is 24.6 Å². The maximum Gasteiger partial charge on any atom is 0.210 e. The third kappa shape index (κ3) is 4.05. The van der Waals surface area contributed by atoms with E-state index in [2.05, 4.69) is 48.3 Å². The van der Waals surface area contributed by atoms with Crippen LogP contribution >= 0.6 is 11.3 Å². The van der Waals surface area contributed by atoms with Gasteiger partial charge < -0.3 is 9.84 Å². The first-order valence-electron chi connectivity index (χ1n) is 9.19. The van der Waals surface area contributed by atoms with Crippen LogP contribution in [-0.2, 0) is 0 Å². The molecule has 0 aliphatic heterocycles. The van der Waals surface area contributed by atoms with Crippen molar-refractivity contribution in [3.63, 3.8) is 0 Å². The van der Waals surface area contributed by atoms with Crippen molar-refractivity contribution in [1.29, 1.82) is 0 Å². The maximum atomic E-state index is 10.3. The van der Waals surface area contributed by atoms with Gasteiger partial charge in [0, 0.05) is 17.3 Å². The average molecular weight is 401 g/mol. The second-order valence-corrected chi connectivity index (χ2v) is 7.54. The number of phenols is 1. The molecule has 0 aliphatic rings. The molecule has 4 nitrogen and oxygen atoms in total. The van der Waals surface area contributed by atoms with Crippen LogP contribution in [0.25, 0.3) is 21.7 Å². The van der Waals surface area contributed by atoms with Crippen molar-refractivity contribution in [2.24, 2.45) is 4.99 Å². The average Bonchev–Trinajstić information content (AvgIpc) is 3.18. The van der Waals surface area contributed by atoms with Crippen molar-refractivity contribution in [1.82, 2.24) is 4.98 Å². The third-order valence-corrected chi connectivity index (χ3v) is 5.55. The molecule has 0 spiro atoms. The molecule has 1 aromatic heterocycles. The fraction of sp³-hybridized carbons (Fsp3) is 0.0833. The minimum Gasteiger partial charge on any atom is -0.504 e. The lowest BCUT2D eigenvalue weighted by Crippen LogP contribution is -1.88. The molecule has 0 atom stereocenters. The summed E-state index contributed by atoms with van der Waals surface area (Å²) in [6.07, 6.45) is 1.62. The predicted molar refractivity (Wildman–Crippen MR) is 120 cm³/mol. The van der Waals surface area contributed by atoms with Gasteiger partial charge in [0.15, 0.2) is 11.5 Å². The SMILES string of the molecule is COc1cccc(C=Nc2nc(-c3ccc(C)cc3)c(-c3ccccc3)s2)c1O. The van der Waals surface area contributed by atoms with E-state index >= 15 is 0 Å². The molecule has 4 rings (SSSR count). The normalized spacial score (nSPS) is 11.1. The van der Waals surface area contributed by atoms with E-state index in [4.69, 9.17) is 9.72 Å². The summed E-state index contributed by atoms with van der Waals surface area (Å²) in [5.41, 5.74) is 4.85. The smallest absolute Gasteiger partial charge is 0.210 e. The summed E-state index contributed by atoms with van der Waals surface area (Å²) in [5.74, 6) is 0.482. The van der Waals surface area contributed by atoms with Crippen LogP contribution < -0.4 is 4.74 Å². The van der Waals surface area contributed by atoms with Gasteiger partial charge in [0.2, 0.25) is 5.13 Å². The Hall–Kier alpha value is -3.44. The lowest BCUT2D eigenvalue weighted by molar-refractivity contribution is 0.373. The highest BCUT2D eigenvalue weighted by Crippen LogP contribution is 2.40. The Labute approximate surface area is 173 Å². The minimum absolute atomic E-state index is 0.0670. The molecule has 5 heteroatoms. The molecular formula is C24H20N2O2S. The molecule has 1 heterocycles. The highest BCUT2D eigenvalue weighted by molar-refractivity contribution is 7.19. The van der Waals surface area contributed by atoms with E-state index in [1.807, 2.05) is 24.3 Å². The molecule has 0 fully saturated rings. The Kier molecular flexibility index (Phi) is 5.40. The number of hydrogen-bond donors (Lipinski definition) is 1. The van der Waals surface area contributed by atoms with Crippen LogP contribution in [0.5, 0.6) is 11.5 Å². The molecule has 1 N–H and O–H groups in total. The van der Waals surface area contributed by atoms with Gasteiger partial charge in [-0.25, -0.2) is 9.98 Å². The maximum absolute atomic E-state index is 10.3. The Balaban J connectivity index is 1.76. The predicted octanol–water partition coefficient (Wildman–Crippen LogP) is 6.25. The Morgan fingerprint density at radius 1 is 0.931 bits per heavy atom. The van der Waals surface area contributed by atoms with Gasteiger partial charge in [-0.3, -0.25) is 0 Å². The van der Waals surface area contributed by atoms with Crippen molar-refractivity contribution in [3.8, 4) is 33.2 Å². The molecule has 0 unspecified atom stereocenters. The van der Waals surface area contributed by atoms with Crippen LogP contribution in [-0.4, -0.2) is 23.4 Å². The van der Waals surface area contributed by atoms with Crippen molar-refractivity contribution in [3.05, 3.63) is 83.9 Å². The lowest BCUT2D eigenvalue weighted by atomic mass is 10.1. The second-order valence-electron chi connectivity index (χ2n) is 6.56. The number of methoxy groups -OCH3 is 1. The number of thiazole rings is 1. The van der Waals surface area contributed by atoms with Gasteiger partial charge in [0.1, 0.15) is 0 Å². The monoisotopic (exact) mass is 400 g/mol. The van der Waals surface area contributed by atoms with Crippen molar-refractivity contribution in [2.75, 3.05) is 7.11 Å². The quantitative estimate of drug-likeness (QED) is 0.403.